The van der Waals surface area contributed by atoms with Crippen LogP contribution < -0.4 is 10.1 Å². The van der Waals surface area contributed by atoms with Crippen LogP contribution in [0.25, 0.3) is 0 Å². The van der Waals surface area contributed by atoms with Crippen LogP contribution in [0.3, 0.4) is 0 Å². The summed E-state index contributed by atoms with van der Waals surface area (Å²) in [5.74, 6) is 0.766. The molecule has 3 heterocycles. The highest BCUT2D eigenvalue weighted by Crippen LogP contribution is 2.36. The van der Waals surface area contributed by atoms with Crippen molar-refractivity contribution in [2.75, 3.05) is 6.54 Å². The van der Waals surface area contributed by atoms with Crippen LogP contribution in [0.1, 0.15) is 39.0 Å². The van der Waals surface area contributed by atoms with Gasteiger partial charge in [-0.1, -0.05) is 49.9 Å². The van der Waals surface area contributed by atoms with Crippen molar-refractivity contribution >= 4 is 16.9 Å². The van der Waals surface area contributed by atoms with Crippen molar-refractivity contribution in [3.05, 3.63) is 41.7 Å². The molecule has 9 nitrogen and oxygen atoms in total. The topological polar surface area (TPSA) is 114 Å². The minimum atomic E-state index is -1.06. The minimum absolute atomic E-state index is 0.0950. The van der Waals surface area contributed by atoms with Gasteiger partial charge in [-0.3, -0.25) is 4.99 Å². The van der Waals surface area contributed by atoms with Crippen LogP contribution in [0.4, 0.5) is 0 Å². The van der Waals surface area contributed by atoms with E-state index in [0.717, 1.165) is 17.5 Å². The SMILES string of the molecule is CCNC1=N[C@@H]2[C@@H](O)[C@H](O)[C@@H](Cn3cc(COc4ccc(C(C)(C)C)cc4)nn3)O[C@@H]2S1. The molecule has 4 rings (SSSR count). The van der Waals surface area contributed by atoms with E-state index in [4.69, 9.17) is 9.47 Å². The number of benzene rings is 1. The van der Waals surface area contributed by atoms with Crippen LogP contribution in [0, 0.1) is 0 Å². The van der Waals surface area contributed by atoms with Crippen molar-refractivity contribution < 1.29 is 19.7 Å². The Kier molecular flexibility index (Phi) is 6.75. The number of amidine groups is 1. The van der Waals surface area contributed by atoms with E-state index in [1.165, 1.54) is 17.3 Å². The summed E-state index contributed by atoms with van der Waals surface area (Å²) in [6, 6.07) is 7.57. The summed E-state index contributed by atoms with van der Waals surface area (Å²) < 4.78 is 13.5. The lowest BCUT2D eigenvalue weighted by molar-refractivity contribution is -0.157. The average Bonchev–Trinajstić information content (AvgIpc) is 3.37. The van der Waals surface area contributed by atoms with E-state index in [1.807, 2.05) is 19.1 Å². The molecule has 1 aromatic carbocycles. The second-order valence-corrected chi connectivity index (χ2v) is 10.2. The van der Waals surface area contributed by atoms with Gasteiger partial charge in [0.15, 0.2) is 5.17 Å². The second kappa shape index (κ2) is 9.38. The van der Waals surface area contributed by atoms with Gasteiger partial charge in [0.1, 0.15) is 47.8 Å². The first-order chi connectivity index (χ1) is 15.2. The molecular formula is C22H31N5O4S. The molecule has 0 bridgehead atoms. The number of hydrogen-bond acceptors (Lipinski definition) is 9. The zero-order chi connectivity index (χ0) is 22.9. The Hall–Kier alpha value is -2.14. The molecule has 0 radical (unpaired) electrons. The van der Waals surface area contributed by atoms with E-state index in [-0.39, 0.29) is 24.0 Å². The van der Waals surface area contributed by atoms with E-state index in [9.17, 15) is 10.2 Å². The Morgan fingerprint density at radius 1 is 1.19 bits per heavy atom. The van der Waals surface area contributed by atoms with E-state index in [2.05, 4.69) is 53.5 Å². The number of hydrogen-bond donors (Lipinski definition) is 3. The molecule has 32 heavy (non-hydrogen) atoms. The molecule has 0 saturated carbocycles. The molecule has 2 aromatic rings. The van der Waals surface area contributed by atoms with Crippen LogP contribution in [-0.4, -0.2) is 66.7 Å². The van der Waals surface area contributed by atoms with Gasteiger partial charge in [0.25, 0.3) is 0 Å². The summed E-state index contributed by atoms with van der Waals surface area (Å²) in [6.45, 7) is 9.79. The molecule has 1 aromatic heterocycles. The molecule has 0 spiro atoms. The number of nitrogens with one attached hydrogen (secondary N) is 1. The maximum absolute atomic E-state index is 10.5. The zero-order valence-electron chi connectivity index (χ0n) is 18.8. The monoisotopic (exact) mass is 461 g/mol. The Labute approximate surface area is 192 Å². The fourth-order valence-corrected chi connectivity index (χ4v) is 4.89. The van der Waals surface area contributed by atoms with Crippen LogP contribution in [0.15, 0.2) is 35.5 Å². The van der Waals surface area contributed by atoms with E-state index < -0.39 is 24.4 Å². The van der Waals surface area contributed by atoms with Crippen molar-refractivity contribution in [1.29, 1.82) is 0 Å². The Balaban J connectivity index is 1.32. The van der Waals surface area contributed by atoms with Gasteiger partial charge >= 0.3 is 0 Å². The number of ether oxygens (including phenoxy) is 2. The first kappa shape index (κ1) is 23.0. The standard InChI is InChI=1S/C22H31N5O4S/c1-5-23-21-24-17-19(29)18(28)16(31-20(17)32-21)11-27-10-14(25-26-27)12-30-15-8-6-13(7-9-15)22(2,3)4/h6-10,16-20,28-29H,5,11-12H2,1-4H3,(H,23,24)/t16-,17-,18-,19-,20-/m1/s1. The van der Waals surface area contributed by atoms with E-state index in [1.54, 1.807) is 10.9 Å². The van der Waals surface area contributed by atoms with Gasteiger partial charge in [0.05, 0.1) is 12.7 Å². The normalized spacial score (nSPS) is 27.7. The summed E-state index contributed by atoms with van der Waals surface area (Å²) in [4.78, 5) is 4.43. The fraction of sp³-hybridized carbons (Fsp3) is 0.591. The maximum atomic E-state index is 10.5. The quantitative estimate of drug-likeness (QED) is 0.596. The molecular weight excluding hydrogens is 430 g/mol. The second-order valence-electron chi connectivity index (χ2n) is 9.09. The Morgan fingerprint density at radius 3 is 2.62 bits per heavy atom. The van der Waals surface area contributed by atoms with Crippen molar-refractivity contribution in [3.8, 4) is 5.75 Å². The highest BCUT2D eigenvalue weighted by atomic mass is 32.2. The van der Waals surface area contributed by atoms with Crippen molar-refractivity contribution in [3.63, 3.8) is 0 Å². The number of aliphatic imine (C=N–C) groups is 1. The number of nitrogens with zero attached hydrogens (tertiary/aromatic N) is 4. The first-order valence-corrected chi connectivity index (χ1v) is 11.7. The number of rotatable bonds is 6. The number of fused-ring (bicyclic) bond motifs is 1. The Bertz CT molecular complexity index is 943. The molecule has 0 aliphatic carbocycles. The molecule has 2 aliphatic heterocycles. The van der Waals surface area contributed by atoms with Crippen LogP contribution >= 0.6 is 11.8 Å². The largest absolute Gasteiger partial charge is 0.487 e. The lowest BCUT2D eigenvalue weighted by Gasteiger charge is -2.38. The van der Waals surface area contributed by atoms with Gasteiger partial charge < -0.3 is 25.0 Å². The minimum Gasteiger partial charge on any atom is -0.487 e. The molecule has 0 amide bonds. The average molecular weight is 462 g/mol. The van der Waals surface area contributed by atoms with Crippen LogP contribution in [0.5, 0.6) is 5.75 Å². The zero-order valence-corrected chi connectivity index (χ0v) is 19.6. The summed E-state index contributed by atoms with van der Waals surface area (Å²) in [5.41, 5.74) is 1.67. The fourth-order valence-electron chi connectivity index (χ4n) is 3.70. The third kappa shape index (κ3) is 5.09. The number of aliphatic hydroxyl groups excluding tert-OH is 2. The third-order valence-electron chi connectivity index (χ3n) is 5.55. The predicted octanol–water partition coefficient (Wildman–Crippen LogP) is 1.68. The number of aromatic nitrogens is 3. The van der Waals surface area contributed by atoms with Crippen LogP contribution in [0.2, 0.25) is 0 Å². The maximum Gasteiger partial charge on any atom is 0.159 e. The summed E-state index contributed by atoms with van der Waals surface area (Å²) in [5, 5.41) is 33.2. The number of thioether (sulfide) groups is 1. The highest BCUT2D eigenvalue weighted by Gasteiger charge is 2.48. The van der Waals surface area contributed by atoms with Gasteiger partial charge in [-0.05, 0) is 30.0 Å². The predicted molar refractivity (Wildman–Crippen MR) is 123 cm³/mol. The highest BCUT2D eigenvalue weighted by molar-refractivity contribution is 8.14. The smallest absolute Gasteiger partial charge is 0.159 e. The van der Waals surface area contributed by atoms with Crippen molar-refractivity contribution in [2.24, 2.45) is 4.99 Å². The van der Waals surface area contributed by atoms with Gasteiger partial charge in [-0.15, -0.1) is 5.10 Å². The lowest BCUT2D eigenvalue weighted by Crippen LogP contribution is -2.55. The molecule has 5 atom stereocenters. The molecule has 3 N–H and O–H groups in total. The molecule has 174 valence electrons. The summed E-state index contributed by atoms with van der Waals surface area (Å²) in [7, 11) is 0. The first-order valence-electron chi connectivity index (χ1n) is 10.9. The van der Waals surface area contributed by atoms with Crippen LogP contribution in [-0.2, 0) is 23.3 Å². The summed E-state index contributed by atoms with van der Waals surface area (Å²) in [6.07, 6.45) is -0.910. The molecule has 0 unspecified atom stereocenters. The third-order valence-corrected chi connectivity index (χ3v) is 6.65. The number of aliphatic hydroxyl groups is 2. The van der Waals surface area contributed by atoms with Gasteiger partial charge in [-0.2, -0.15) is 0 Å². The lowest BCUT2D eigenvalue weighted by atomic mass is 9.87. The van der Waals surface area contributed by atoms with Gasteiger partial charge in [0.2, 0.25) is 0 Å². The molecule has 1 fully saturated rings. The molecule has 2 aliphatic rings. The van der Waals surface area contributed by atoms with Gasteiger partial charge in [0, 0.05) is 6.54 Å². The summed E-state index contributed by atoms with van der Waals surface area (Å²) >= 11 is 1.43. The Morgan fingerprint density at radius 2 is 1.94 bits per heavy atom. The molecule has 1 saturated heterocycles. The van der Waals surface area contributed by atoms with E-state index >= 15 is 0 Å². The van der Waals surface area contributed by atoms with Crippen molar-refractivity contribution in [1.82, 2.24) is 20.3 Å². The molecule has 10 heteroatoms. The van der Waals surface area contributed by atoms with E-state index in [0.29, 0.717) is 5.69 Å². The van der Waals surface area contributed by atoms with Crippen molar-refractivity contribution in [2.45, 2.75) is 76.1 Å². The van der Waals surface area contributed by atoms with Gasteiger partial charge in [-0.25, -0.2) is 4.68 Å².